The number of benzene rings is 4. The highest BCUT2D eigenvalue weighted by Crippen LogP contribution is 2.40. The summed E-state index contributed by atoms with van der Waals surface area (Å²) in [7, 11) is 0. The summed E-state index contributed by atoms with van der Waals surface area (Å²) in [4.78, 5) is 13.4. The Balaban J connectivity index is 1.36. The van der Waals surface area contributed by atoms with E-state index in [-0.39, 0.29) is 11.7 Å². The SMILES string of the molecule is CC1=C(C(=O)c2ccc(-c3ccccc3)cc2)C(C)C(c2ccc(-c3ccccc3)cc2)=C1. The molecule has 0 aliphatic heterocycles. The Morgan fingerprint density at radius 3 is 1.52 bits per heavy atom. The molecule has 5 rings (SSSR count). The van der Waals surface area contributed by atoms with E-state index in [1.54, 1.807) is 0 Å². The van der Waals surface area contributed by atoms with Gasteiger partial charge in [0.1, 0.15) is 0 Å². The maximum Gasteiger partial charge on any atom is 0.189 e. The minimum absolute atomic E-state index is 0.0638. The van der Waals surface area contributed by atoms with Gasteiger partial charge in [-0.05, 0) is 45.9 Å². The second kappa shape index (κ2) is 8.88. The van der Waals surface area contributed by atoms with Crippen molar-refractivity contribution in [1.82, 2.24) is 0 Å². The van der Waals surface area contributed by atoms with Crippen LogP contribution in [0, 0.1) is 5.92 Å². The molecule has 4 aromatic rings. The molecule has 160 valence electrons. The fourth-order valence-electron chi connectivity index (χ4n) is 4.73. The topological polar surface area (TPSA) is 17.1 Å². The molecule has 1 aliphatic rings. The molecule has 1 atom stereocenters. The van der Waals surface area contributed by atoms with Crippen molar-refractivity contribution in [2.75, 3.05) is 0 Å². The third-order valence-electron chi connectivity index (χ3n) is 6.52. The molecule has 33 heavy (non-hydrogen) atoms. The molecule has 0 N–H and O–H groups in total. The standard InChI is InChI=1S/C32H26O/c1-22-21-30(28-17-13-26(14-18-28)24-9-5-3-6-10-24)23(2)31(22)32(33)29-19-15-27(16-20-29)25-11-7-4-8-12-25/h3-21,23H,1-2H3. The molecule has 0 saturated heterocycles. The van der Waals surface area contributed by atoms with Crippen LogP contribution >= 0.6 is 0 Å². The lowest BCUT2D eigenvalue weighted by molar-refractivity contribution is 0.102. The first-order valence-electron chi connectivity index (χ1n) is 11.4. The molecule has 0 saturated carbocycles. The predicted octanol–water partition coefficient (Wildman–Crippen LogP) is 8.25. The quantitative estimate of drug-likeness (QED) is 0.294. The van der Waals surface area contributed by atoms with Crippen molar-refractivity contribution >= 4 is 11.4 Å². The van der Waals surface area contributed by atoms with Gasteiger partial charge in [0.25, 0.3) is 0 Å². The van der Waals surface area contributed by atoms with E-state index in [0.29, 0.717) is 0 Å². The highest BCUT2D eigenvalue weighted by molar-refractivity contribution is 6.12. The molecule has 0 amide bonds. The van der Waals surface area contributed by atoms with Gasteiger partial charge in [-0.2, -0.15) is 0 Å². The average molecular weight is 427 g/mol. The summed E-state index contributed by atoms with van der Waals surface area (Å²) in [5.74, 6) is 0.181. The van der Waals surface area contributed by atoms with Gasteiger partial charge < -0.3 is 0 Å². The maximum absolute atomic E-state index is 13.4. The number of ketones is 1. The Kier molecular flexibility index (Phi) is 5.62. The summed E-state index contributed by atoms with van der Waals surface area (Å²) in [6.45, 7) is 4.19. The molecule has 0 fully saturated rings. The zero-order valence-electron chi connectivity index (χ0n) is 19.0. The van der Waals surface area contributed by atoms with Gasteiger partial charge in [-0.15, -0.1) is 0 Å². The van der Waals surface area contributed by atoms with E-state index in [1.807, 2.05) is 55.5 Å². The maximum atomic E-state index is 13.4. The highest BCUT2D eigenvalue weighted by Gasteiger charge is 2.28. The molecule has 0 radical (unpaired) electrons. The van der Waals surface area contributed by atoms with Crippen molar-refractivity contribution < 1.29 is 4.79 Å². The molecule has 0 spiro atoms. The van der Waals surface area contributed by atoms with E-state index in [4.69, 9.17) is 0 Å². The molecule has 0 aromatic heterocycles. The second-order valence-corrected chi connectivity index (χ2v) is 8.63. The number of carbonyl (C=O) groups excluding carboxylic acids is 1. The summed E-state index contributed by atoms with van der Waals surface area (Å²) >= 11 is 0. The van der Waals surface area contributed by atoms with Crippen LogP contribution in [0.3, 0.4) is 0 Å². The zero-order chi connectivity index (χ0) is 22.8. The van der Waals surface area contributed by atoms with Crippen LogP contribution in [-0.2, 0) is 0 Å². The molecule has 0 bridgehead atoms. The van der Waals surface area contributed by atoms with Gasteiger partial charge >= 0.3 is 0 Å². The van der Waals surface area contributed by atoms with Crippen LogP contribution in [-0.4, -0.2) is 5.78 Å². The first-order chi connectivity index (χ1) is 16.1. The summed E-state index contributed by atoms with van der Waals surface area (Å²) in [5, 5.41) is 0. The normalized spacial score (nSPS) is 15.5. The van der Waals surface area contributed by atoms with E-state index < -0.39 is 0 Å². The lowest BCUT2D eigenvalue weighted by Gasteiger charge is -2.15. The van der Waals surface area contributed by atoms with Crippen molar-refractivity contribution in [2.24, 2.45) is 5.92 Å². The number of carbonyl (C=O) groups is 1. The van der Waals surface area contributed by atoms with Crippen molar-refractivity contribution in [3.05, 3.63) is 138 Å². The Bertz CT molecular complexity index is 1340. The minimum Gasteiger partial charge on any atom is -0.289 e. The number of rotatable bonds is 5. The van der Waals surface area contributed by atoms with Crippen molar-refractivity contribution in [3.8, 4) is 22.3 Å². The number of Topliss-reactive ketones (excluding diaryl/α,β-unsaturated/α-hetero) is 1. The van der Waals surface area contributed by atoms with Gasteiger partial charge in [-0.3, -0.25) is 4.79 Å². The number of hydrogen-bond donors (Lipinski definition) is 0. The van der Waals surface area contributed by atoms with Gasteiger partial charge in [-0.25, -0.2) is 0 Å². The van der Waals surface area contributed by atoms with E-state index in [0.717, 1.165) is 27.8 Å². The summed E-state index contributed by atoms with van der Waals surface area (Å²) < 4.78 is 0. The Hall–Kier alpha value is -3.97. The average Bonchev–Trinajstić information content (AvgIpc) is 3.18. The summed E-state index contributed by atoms with van der Waals surface area (Å²) in [5.41, 5.74) is 9.75. The summed E-state index contributed by atoms with van der Waals surface area (Å²) in [6, 6.07) is 37.3. The molecule has 4 aromatic carbocycles. The van der Waals surface area contributed by atoms with Crippen LogP contribution in [0.5, 0.6) is 0 Å². The fourth-order valence-corrected chi connectivity index (χ4v) is 4.73. The smallest absolute Gasteiger partial charge is 0.189 e. The fraction of sp³-hybridized carbons (Fsp3) is 0.0938. The minimum atomic E-state index is 0.0638. The van der Waals surface area contributed by atoms with Gasteiger partial charge in [0.2, 0.25) is 0 Å². The van der Waals surface area contributed by atoms with Gasteiger partial charge in [0.15, 0.2) is 5.78 Å². The van der Waals surface area contributed by atoms with Crippen LogP contribution in [0.25, 0.3) is 27.8 Å². The highest BCUT2D eigenvalue weighted by atomic mass is 16.1. The molecule has 1 unspecified atom stereocenters. The third-order valence-corrected chi connectivity index (χ3v) is 6.52. The molecule has 0 heterocycles. The Morgan fingerprint density at radius 2 is 1.00 bits per heavy atom. The van der Waals surface area contributed by atoms with Crippen LogP contribution in [0.2, 0.25) is 0 Å². The largest absolute Gasteiger partial charge is 0.289 e. The van der Waals surface area contributed by atoms with Gasteiger partial charge in [0, 0.05) is 17.1 Å². The molecule has 1 heteroatoms. The molecular formula is C32H26O. The van der Waals surface area contributed by atoms with Crippen LogP contribution < -0.4 is 0 Å². The predicted molar refractivity (Wildman–Crippen MR) is 138 cm³/mol. The molecule has 1 nitrogen and oxygen atoms in total. The number of allylic oxidation sites excluding steroid dienone is 4. The van der Waals surface area contributed by atoms with Crippen molar-refractivity contribution in [1.29, 1.82) is 0 Å². The second-order valence-electron chi connectivity index (χ2n) is 8.63. The third kappa shape index (κ3) is 4.10. The first kappa shape index (κ1) is 20.9. The number of hydrogen-bond acceptors (Lipinski definition) is 1. The monoisotopic (exact) mass is 426 g/mol. The van der Waals surface area contributed by atoms with Crippen LogP contribution in [0.4, 0.5) is 0 Å². The van der Waals surface area contributed by atoms with E-state index in [1.165, 1.54) is 22.3 Å². The molecule has 1 aliphatic carbocycles. The van der Waals surface area contributed by atoms with Crippen LogP contribution in [0.1, 0.15) is 29.8 Å². The van der Waals surface area contributed by atoms with E-state index in [9.17, 15) is 4.79 Å². The van der Waals surface area contributed by atoms with Crippen LogP contribution in [0.15, 0.2) is 126 Å². The Morgan fingerprint density at radius 1 is 0.576 bits per heavy atom. The van der Waals surface area contributed by atoms with Crippen molar-refractivity contribution in [2.45, 2.75) is 13.8 Å². The van der Waals surface area contributed by atoms with E-state index >= 15 is 0 Å². The summed E-state index contributed by atoms with van der Waals surface area (Å²) in [6.07, 6.45) is 2.17. The van der Waals surface area contributed by atoms with Gasteiger partial charge in [-0.1, -0.05) is 122 Å². The van der Waals surface area contributed by atoms with Gasteiger partial charge in [0.05, 0.1) is 0 Å². The zero-order valence-corrected chi connectivity index (χ0v) is 19.0. The lowest BCUT2D eigenvalue weighted by Crippen LogP contribution is -2.11. The van der Waals surface area contributed by atoms with Crippen molar-refractivity contribution in [3.63, 3.8) is 0 Å². The first-order valence-corrected chi connectivity index (χ1v) is 11.4. The lowest BCUT2D eigenvalue weighted by atomic mass is 9.87. The Labute approximate surface area is 195 Å². The molecular weight excluding hydrogens is 400 g/mol. The van der Waals surface area contributed by atoms with E-state index in [2.05, 4.69) is 73.7 Å².